The second-order valence-electron chi connectivity index (χ2n) is 3.02. The smallest absolute Gasteiger partial charge is 0.0178 e. The van der Waals surface area contributed by atoms with Crippen molar-refractivity contribution >= 4 is 0 Å². The lowest BCUT2D eigenvalue weighted by atomic mass is 9.97. The van der Waals surface area contributed by atoms with Crippen LogP contribution in [0.2, 0.25) is 0 Å². The Labute approximate surface area is 68.8 Å². The fourth-order valence-corrected chi connectivity index (χ4v) is 1.53. The van der Waals surface area contributed by atoms with Gasteiger partial charge < -0.3 is 4.98 Å². The molecule has 0 radical (unpaired) electrons. The maximum Gasteiger partial charge on any atom is 0.0178 e. The number of nitrogens with one attached hydrogen (secondary N) is 1. The average molecular weight is 151 g/mol. The molecule has 0 aliphatic carbocycles. The highest BCUT2D eigenvalue weighted by Gasteiger charge is 2.07. The Morgan fingerprint density at radius 2 is 2.27 bits per heavy atom. The summed E-state index contributed by atoms with van der Waals surface area (Å²) in [5.41, 5.74) is 1.40. The minimum Gasteiger partial charge on any atom is -0.365 e. The fourth-order valence-electron chi connectivity index (χ4n) is 1.53. The molecule has 1 heteroatoms. The number of hydrogen-bond acceptors (Lipinski definition) is 0. The second-order valence-corrected chi connectivity index (χ2v) is 3.02. The van der Waals surface area contributed by atoms with E-state index < -0.39 is 0 Å². The topological polar surface area (TPSA) is 15.8 Å². The Morgan fingerprint density at radius 3 is 2.73 bits per heavy atom. The minimum absolute atomic E-state index is 0.745. The van der Waals surface area contributed by atoms with Crippen molar-refractivity contribution in [3.8, 4) is 0 Å². The van der Waals surface area contributed by atoms with Crippen molar-refractivity contribution in [1.82, 2.24) is 4.98 Å². The molecule has 0 aliphatic heterocycles. The Bertz CT molecular complexity index is 177. The standard InChI is InChI=1S/C10H17N/c1-3-6-9(4-2)10-7-5-8-11-10/h5,7-9,11H,3-4,6H2,1-2H3. The van der Waals surface area contributed by atoms with Crippen LogP contribution in [-0.4, -0.2) is 4.98 Å². The van der Waals surface area contributed by atoms with E-state index in [1.165, 1.54) is 25.0 Å². The average Bonchev–Trinajstić information content (AvgIpc) is 2.52. The molecule has 1 heterocycles. The zero-order chi connectivity index (χ0) is 8.10. The van der Waals surface area contributed by atoms with Crippen molar-refractivity contribution in [2.24, 2.45) is 0 Å². The van der Waals surface area contributed by atoms with Gasteiger partial charge >= 0.3 is 0 Å². The zero-order valence-corrected chi connectivity index (χ0v) is 7.43. The van der Waals surface area contributed by atoms with Gasteiger partial charge in [0.1, 0.15) is 0 Å². The van der Waals surface area contributed by atoms with Gasteiger partial charge in [0.25, 0.3) is 0 Å². The SMILES string of the molecule is CCCC(CC)c1ccc[nH]1. The summed E-state index contributed by atoms with van der Waals surface area (Å²) in [6.07, 6.45) is 5.83. The molecule has 0 amide bonds. The summed E-state index contributed by atoms with van der Waals surface area (Å²) in [5, 5.41) is 0. The molecule has 1 atom stereocenters. The predicted octanol–water partition coefficient (Wildman–Crippen LogP) is 3.31. The van der Waals surface area contributed by atoms with Crippen molar-refractivity contribution in [3.63, 3.8) is 0 Å². The predicted molar refractivity (Wildman–Crippen MR) is 48.7 cm³/mol. The van der Waals surface area contributed by atoms with Crippen LogP contribution < -0.4 is 0 Å². The highest BCUT2D eigenvalue weighted by Crippen LogP contribution is 2.22. The molecule has 0 bridgehead atoms. The summed E-state index contributed by atoms with van der Waals surface area (Å²) < 4.78 is 0. The van der Waals surface area contributed by atoms with Gasteiger partial charge in [-0.05, 0) is 30.9 Å². The highest BCUT2D eigenvalue weighted by atomic mass is 14.7. The molecule has 1 aromatic rings. The van der Waals surface area contributed by atoms with Crippen LogP contribution in [0.5, 0.6) is 0 Å². The van der Waals surface area contributed by atoms with Gasteiger partial charge in [0.15, 0.2) is 0 Å². The van der Waals surface area contributed by atoms with Crippen molar-refractivity contribution in [3.05, 3.63) is 24.0 Å². The number of aromatic amines is 1. The first-order valence-electron chi connectivity index (χ1n) is 4.51. The molecule has 1 N–H and O–H groups in total. The molecule has 1 rings (SSSR count). The van der Waals surface area contributed by atoms with E-state index in [4.69, 9.17) is 0 Å². The van der Waals surface area contributed by atoms with Crippen LogP contribution in [0, 0.1) is 0 Å². The molecular weight excluding hydrogens is 134 g/mol. The third-order valence-corrected chi connectivity index (χ3v) is 2.19. The quantitative estimate of drug-likeness (QED) is 0.679. The third kappa shape index (κ3) is 2.11. The van der Waals surface area contributed by atoms with E-state index in [9.17, 15) is 0 Å². The van der Waals surface area contributed by atoms with Crippen molar-refractivity contribution in [2.75, 3.05) is 0 Å². The second kappa shape index (κ2) is 4.22. The van der Waals surface area contributed by atoms with E-state index in [0.717, 1.165) is 5.92 Å². The normalized spacial score (nSPS) is 13.3. The molecule has 0 aromatic carbocycles. The van der Waals surface area contributed by atoms with Crippen LogP contribution >= 0.6 is 0 Å². The van der Waals surface area contributed by atoms with Gasteiger partial charge in [-0.1, -0.05) is 20.3 Å². The molecule has 1 aromatic heterocycles. The van der Waals surface area contributed by atoms with Gasteiger partial charge in [0, 0.05) is 11.9 Å². The number of aromatic nitrogens is 1. The van der Waals surface area contributed by atoms with Crippen LogP contribution in [0.3, 0.4) is 0 Å². The third-order valence-electron chi connectivity index (χ3n) is 2.19. The summed E-state index contributed by atoms with van der Waals surface area (Å²) >= 11 is 0. The molecule has 1 unspecified atom stereocenters. The highest BCUT2D eigenvalue weighted by molar-refractivity contribution is 5.09. The van der Waals surface area contributed by atoms with Crippen molar-refractivity contribution in [2.45, 2.75) is 39.0 Å². The maximum atomic E-state index is 3.27. The van der Waals surface area contributed by atoms with E-state index in [0.29, 0.717) is 0 Å². The van der Waals surface area contributed by atoms with E-state index in [1.54, 1.807) is 0 Å². The van der Waals surface area contributed by atoms with E-state index in [-0.39, 0.29) is 0 Å². The van der Waals surface area contributed by atoms with Crippen LogP contribution in [-0.2, 0) is 0 Å². The fraction of sp³-hybridized carbons (Fsp3) is 0.600. The van der Waals surface area contributed by atoms with Gasteiger partial charge in [-0.25, -0.2) is 0 Å². The lowest BCUT2D eigenvalue weighted by Gasteiger charge is -2.10. The Morgan fingerprint density at radius 1 is 1.45 bits per heavy atom. The minimum atomic E-state index is 0.745. The lowest BCUT2D eigenvalue weighted by Crippen LogP contribution is -1.96. The largest absolute Gasteiger partial charge is 0.365 e. The summed E-state index contributed by atoms with van der Waals surface area (Å²) in [4.78, 5) is 3.27. The molecule has 0 saturated carbocycles. The molecule has 62 valence electrons. The zero-order valence-electron chi connectivity index (χ0n) is 7.43. The van der Waals surface area contributed by atoms with Gasteiger partial charge in [0.2, 0.25) is 0 Å². The van der Waals surface area contributed by atoms with Crippen LogP contribution in [0.15, 0.2) is 18.3 Å². The van der Waals surface area contributed by atoms with E-state index in [1.807, 2.05) is 6.20 Å². The number of H-pyrrole nitrogens is 1. The lowest BCUT2D eigenvalue weighted by molar-refractivity contribution is 0.584. The Kier molecular flexibility index (Phi) is 3.21. The first kappa shape index (κ1) is 8.38. The molecular formula is C10H17N. The van der Waals surface area contributed by atoms with Crippen molar-refractivity contribution in [1.29, 1.82) is 0 Å². The molecule has 0 aliphatic rings. The number of hydrogen-bond donors (Lipinski definition) is 1. The summed E-state index contributed by atoms with van der Waals surface area (Å²) in [6.45, 7) is 4.49. The molecule has 0 saturated heterocycles. The van der Waals surface area contributed by atoms with Gasteiger partial charge in [-0.15, -0.1) is 0 Å². The Hall–Kier alpha value is -0.720. The number of rotatable bonds is 4. The Balaban J connectivity index is 2.56. The summed E-state index contributed by atoms with van der Waals surface area (Å²) in [6, 6.07) is 4.26. The maximum absolute atomic E-state index is 3.27. The molecule has 0 spiro atoms. The monoisotopic (exact) mass is 151 g/mol. The van der Waals surface area contributed by atoms with Gasteiger partial charge in [-0.3, -0.25) is 0 Å². The van der Waals surface area contributed by atoms with E-state index in [2.05, 4.69) is 31.0 Å². The van der Waals surface area contributed by atoms with Gasteiger partial charge in [0.05, 0.1) is 0 Å². The molecule has 1 nitrogen and oxygen atoms in total. The summed E-state index contributed by atoms with van der Waals surface area (Å²) in [7, 11) is 0. The molecule has 0 fully saturated rings. The first-order valence-corrected chi connectivity index (χ1v) is 4.51. The van der Waals surface area contributed by atoms with Gasteiger partial charge in [-0.2, -0.15) is 0 Å². The van der Waals surface area contributed by atoms with Crippen molar-refractivity contribution < 1.29 is 0 Å². The molecule has 11 heavy (non-hydrogen) atoms. The van der Waals surface area contributed by atoms with Crippen LogP contribution in [0.1, 0.15) is 44.7 Å². The van der Waals surface area contributed by atoms with Crippen LogP contribution in [0.4, 0.5) is 0 Å². The van der Waals surface area contributed by atoms with E-state index >= 15 is 0 Å². The first-order chi connectivity index (χ1) is 5.38. The van der Waals surface area contributed by atoms with Crippen LogP contribution in [0.25, 0.3) is 0 Å². The summed E-state index contributed by atoms with van der Waals surface area (Å²) in [5.74, 6) is 0.745.